The molecule has 0 atom stereocenters. The van der Waals surface area contributed by atoms with E-state index in [1.165, 1.54) is 23.2 Å². The minimum atomic E-state index is -3.58. The normalized spacial score (nSPS) is 18.2. The zero-order chi connectivity index (χ0) is 21.8. The molecule has 0 unspecified atom stereocenters. The number of carbonyl (C=O) groups is 1. The standard InChI is InChI=1S/C24H31N3O3S/c1-19-10-11-22(31(29,30)27-14-3-2-4-15-27)17-23(19)24(28)25-21-9-7-8-20(16-21)18-26-12-5-6-13-26/h7-11,16-17H,2-6,12-15,18H2,1H3,(H,25,28). The van der Waals surface area contributed by atoms with Crippen LogP contribution in [-0.2, 0) is 16.6 Å². The Bertz CT molecular complexity index is 1040. The number of benzene rings is 2. The number of likely N-dealkylation sites (tertiary alicyclic amines) is 1. The molecule has 0 radical (unpaired) electrons. The molecule has 4 rings (SSSR count). The molecule has 0 aromatic heterocycles. The van der Waals surface area contributed by atoms with E-state index in [-0.39, 0.29) is 10.8 Å². The first-order valence-electron chi connectivity index (χ1n) is 11.2. The fraction of sp³-hybridized carbons (Fsp3) is 0.458. The quantitative estimate of drug-likeness (QED) is 0.735. The molecule has 2 saturated heterocycles. The van der Waals surface area contributed by atoms with Crippen LogP contribution in [0.2, 0.25) is 0 Å². The van der Waals surface area contributed by atoms with E-state index in [2.05, 4.69) is 16.3 Å². The number of carbonyl (C=O) groups excluding carboxylic acids is 1. The van der Waals surface area contributed by atoms with Gasteiger partial charge in [0, 0.05) is 30.9 Å². The second kappa shape index (κ2) is 9.51. The highest BCUT2D eigenvalue weighted by Gasteiger charge is 2.27. The molecule has 6 nitrogen and oxygen atoms in total. The van der Waals surface area contributed by atoms with Crippen molar-refractivity contribution in [3.63, 3.8) is 0 Å². The zero-order valence-electron chi connectivity index (χ0n) is 18.1. The van der Waals surface area contributed by atoms with Crippen LogP contribution in [0.4, 0.5) is 5.69 Å². The van der Waals surface area contributed by atoms with Gasteiger partial charge in [0.05, 0.1) is 4.90 Å². The van der Waals surface area contributed by atoms with Crippen molar-refractivity contribution in [1.82, 2.24) is 9.21 Å². The summed E-state index contributed by atoms with van der Waals surface area (Å²) in [7, 11) is -3.58. The smallest absolute Gasteiger partial charge is 0.255 e. The number of sulfonamides is 1. The molecule has 2 aromatic carbocycles. The Morgan fingerprint density at radius 3 is 2.39 bits per heavy atom. The van der Waals surface area contributed by atoms with Crippen LogP contribution in [0.1, 0.15) is 53.6 Å². The average molecular weight is 442 g/mol. The number of hydrogen-bond acceptors (Lipinski definition) is 4. The van der Waals surface area contributed by atoms with Gasteiger partial charge in [-0.1, -0.05) is 24.6 Å². The van der Waals surface area contributed by atoms with E-state index in [4.69, 9.17) is 0 Å². The lowest BCUT2D eigenvalue weighted by molar-refractivity contribution is 0.102. The lowest BCUT2D eigenvalue weighted by Crippen LogP contribution is -2.35. The van der Waals surface area contributed by atoms with E-state index in [0.717, 1.165) is 55.7 Å². The molecule has 2 aliphatic rings. The Morgan fingerprint density at radius 1 is 0.935 bits per heavy atom. The number of nitrogens with zero attached hydrogens (tertiary/aromatic N) is 2. The first-order chi connectivity index (χ1) is 14.9. The van der Waals surface area contributed by atoms with Gasteiger partial charge in [-0.25, -0.2) is 8.42 Å². The lowest BCUT2D eigenvalue weighted by atomic mass is 10.1. The number of rotatable bonds is 6. The second-order valence-electron chi connectivity index (χ2n) is 8.58. The lowest BCUT2D eigenvalue weighted by Gasteiger charge is -2.26. The summed E-state index contributed by atoms with van der Waals surface area (Å²) in [4.78, 5) is 15.6. The fourth-order valence-corrected chi connectivity index (χ4v) is 5.95. The number of nitrogens with one attached hydrogen (secondary N) is 1. The Morgan fingerprint density at radius 2 is 1.65 bits per heavy atom. The van der Waals surface area contributed by atoms with E-state index in [0.29, 0.717) is 18.7 Å². The monoisotopic (exact) mass is 441 g/mol. The summed E-state index contributed by atoms with van der Waals surface area (Å²) in [6.07, 6.45) is 5.31. The molecule has 1 amide bonds. The van der Waals surface area contributed by atoms with Crippen molar-refractivity contribution in [3.8, 4) is 0 Å². The van der Waals surface area contributed by atoms with Crippen LogP contribution < -0.4 is 5.32 Å². The highest BCUT2D eigenvalue weighted by atomic mass is 32.2. The maximum Gasteiger partial charge on any atom is 0.255 e. The van der Waals surface area contributed by atoms with Crippen LogP contribution >= 0.6 is 0 Å². The maximum absolute atomic E-state index is 13.0. The van der Waals surface area contributed by atoms with Crippen LogP contribution in [0.3, 0.4) is 0 Å². The van der Waals surface area contributed by atoms with Crippen molar-refractivity contribution in [2.75, 3.05) is 31.5 Å². The number of piperidine rings is 1. The molecule has 1 N–H and O–H groups in total. The highest BCUT2D eigenvalue weighted by Crippen LogP contribution is 2.24. The Balaban J connectivity index is 1.51. The van der Waals surface area contributed by atoms with Gasteiger partial charge in [0.25, 0.3) is 5.91 Å². The van der Waals surface area contributed by atoms with Crippen molar-refractivity contribution in [2.24, 2.45) is 0 Å². The van der Waals surface area contributed by atoms with Crippen molar-refractivity contribution in [3.05, 3.63) is 59.2 Å². The molecule has 2 heterocycles. The summed E-state index contributed by atoms with van der Waals surface area (Å²) in [5, 5.41) is 2.96. The van der Waals surface area contributed by atoms with E-state index >= 15 is 0 Å². The largest absolute Gasteiger partial charge is 0.322 e. The summed E-state index contributed by atoms with van der Waals surface area (Å²) in [5.41, 5.74) is 3.04. The van der Waals surface area contributed by atoms with Gasteiger partial charge in [-0.2, -0.15) is 4.31 Å². The second-order valence-corrected chi connectivity index (χ2v) is 10.5. The Kier molecular flexibility index (Phi) is 6.74. The minimum Gasteiger partial charge on any atom is -0.322 e. The molecular weight excluding hydrogens is 410 g/mol. The Hall–Kier alpha value is -2.22. The van der Waals surface area contributed by atoms with Crippen LogP contribution in [0.15, 0.2) is 47.4 Å². The number of amides is 1. The highest BCUT2D eigenvalue weighted by molar-refractivity contribution is 7.89. The molecule has 2 aromatic rings. The minimum absolute atomic E-state index is 0.188. The average Bonchev–Trinajstić information content (AvgIpc) is 3.28. The SMILES string of the molecule is Cc1ccc(S(=O)(=O)N2CCCCC2)cc1C(=O)Nc1cccc(CN2CCCC2)c1. The number of anilines is 1. The third kappa shape index (κ3) is 5.17. The van der Waals surface area contributed by atoms with Crippen molar-refractivity contribution < 1.29 is 13.2 Å². The summed E-state index contributed by atoms with van der Waals surface area (Å²) in [6.45, 7) is 6.04. The molecule has 7 heteroatoms. The fourth-order valence-electron chi connectivity index (χ4n) is 4.41. The molecule has 2 fully saturated rings. The molecule has 0 bridgehead atoms. The van der Waals surface area contributed by atoms with Gasteiger partial charge >= 0.3 is 0 Å². The van der Waals surface area contributed by atoms with E-state index < -0.39 is 10.0 Å². The van der Waals surface area contributed by atoms with Crippen molar-refractivity contribution >= 4 is 21.6 Å². The van der Waals surface area contributed by atoms with Crippen molar-refractivity contribution in [1.29, 1.82) is 0 Å². The summed E-state index contributed by atoms with van der Waals surface area (Å²) < 4.78 is 27.6. The molecular formula is C24H31N3O3S. The van der Waals surface area contributed by atoms with Gasteiger partial charge in [-0.15, -0.1) is 0 Å². The van der Waals surface area contributed by atoms with E-state index in [9.17, 15) is 13.2 Å². The predicted octanol–water partition coefficient (Wildman–Crippen LogP) is 4.02. The summed E-state index contributed by atoms with van der Waals surface area (Å²) in [6, 6.07) is 12.7. The first-order valence-corrected chi connectivity index (χ1v) is 12.6. The third-order valence-electron chi connectivity index (χ3n) is 6.20. The molecule has 0 saturated carbocycles. The van der Waals surface area contributed by atoms with Crippen LogP contribution in [0.5, 0.6) is 0 Å². The first kappa shape index (κ1) is 22.0. The molecule has 0 spiro atoms. The van der Waals surface area contributed by atoms with Gasteiger partial charge in [-0.3, -0.25) is 9.69 Å². The van der Waals surface area contributed by atoms with E-state index in [1.807, 2.05) is 25.1 Å². The van der Waals surface area contributed by atoms with Gasteiger partial charge in [-0.05, 0) is 81.1 Å². The summed E-state index contributed by atoms with van der Waals surface area (Å²) in [5.74, 6) is -0.286. The number of hydrogen-bond donors (Lipinski definition) is 1. The number of aryl methyl sites for hydroxylation is 1. The maximum atomic E-state index is 13.0. The van der Waals surface area contributed by atoms with Crippen LogP contribution in [0.25, 0.3) is 0 Å². The van der Waals surface area contributed by atoms with Gasteiger partial charge in [0.15, 0.2) is 0 Å². The van der Waals surface area contributed by atoms with Gasteiger partial charge in [0.1, 0.15) is 0 Å². The Labute approximate surface area is 185 Å². The van der Waals surface area contributed by atoms with Crippen LogP contribution in [-0.4, -0.2) is 49.7 Å². The van der Waals surface area contributed by atoms with Gasteiger partial charge < -0.3 is 5.32 Å². The summed E-state index contributed by atoms with van der Waals surface area (Å²) >= 11 is 0. The topological polar surface area (TPSA) is 69.7 Å². The van der Waals surface area contributed by atoms with Crippen molar-refractivity contribution in [2.45, 2.75) is 50.5 Å². The molecule has 166 valence electrons. The van der Waals surface area contributed by atoms with Crippen LogP contribution in [0, 0.1) is 6.92 Å². The zero-order valence-corrected chi connectivity index (χ0v) is 19.0. The third-order valence-corrected chi connectivity index (χ3v) is 8.09. The molecule has 0 aliphatic carbocycles. The molecule has 31 heavy (non-hydrogen) atoms. The molecule has 2 aliphatic heterocycles. The van der Waals surface area contributed by atoms with Gasteiger partial charge in [0.2, 0.25) is 10.0 Å². The predicted molar refractivity (Wildman–Crippen MR) is 123 cm³/mol. The van der Waals surface area contributed by atoms with E-state index in [1.54, 1.807) is 12.1 Å².